The lowest BCUT2D eigenvalue weighted by molar-refractivity contribution is -0.135. The summed E-state index contributed by atoms with van der Waals surface area (Å²) in [4.78, 5) is 35.0. The first-order valence-corrected chi connectivity index (χ1v) is 14.3. The number of halogens is 1. The second-order valence-electron chi connectivity index (χ2n) is 9.34. The summed E-state index contributed by atoms with van der Waals surface area (Å²) in [7, 11) is 3.57. The Bertz CT molecular complexity index is 920. The van der Waals surface area contributed by atoms with Gasteiger partial charge < -0.3 is 30.4 Å². The molecule has 3 N–H and O–H groups in total. The van der Waals surface area contributed by atoms with E-state index in [1.54, 1.807) is 7.05 Å². The molecule has 0 aliphatic rings. The highest BCUT2D eigenvalue weighted by atomic mass is 35.5. The Balaban J connectivity index is 0.00000104. The number of aldehydes is 1. The van der Waals surface area contributed by atoms with Gasteiger partial charge in [0.25, 0.3) is 0 Å². The number of ether oxygens (including phenoxy) is 1. The molecule has 0 saturated carbocycles. The molecule has 9 heteroatoms. The van der Waals surface area contributed by atoms with Crippen molar-refractivity contribution in [2.75, 3.05) is 46.9 Å². The second-order valence-corrected chi connectivity index (χ2v) is 9.77. The summed E-state index contributed by atoms with van der Waals surface area (Å²) in [6.45, 7) is 10.9. The number of hydrogen-bond acceptors (Lipinski definition) is 6. The number of nitrogens with zero attached hydrogens (tertiary/aromatic N) is 1. The second kappa shape index (κ2) is 23.9. The summed E-state index contributed by atoms with van der Waals surface area (Å²) >= 11 is 5.61. The zero-order chi connectivity index (χ0) is 30.2. The normalized spacial score (nSPS) is 11.5. The summed E-state index contributed by atoms with van der Waals surface area (Å²) in [6.07, 6.45) is 3.95. The van der Waals surface area contributed by atoms with Crippen LogP contribution in [0.5, 0.6) is 5.75 Å². The highest BCUT2D eigenvalue weighted by molar-refractivity contribution is 6.30. The summed E-state index contributed by atoms with van der Waals surface area (Å²) in [6, 6.07) is 15.2. The molecule has 0 radical (unpaired) electrons. The fourth-order valence-electron chi connectivity index (χ4n) is 3.41. The third-order valence-corrected chi connectivity index (χ3v) is 6.37. The van der Waals surface area contributed by atoms with E-state index < -0.39 is 0 Å². The van der Waals surface area contributed by atoms with Gasteiger partial charge in [-0.2, -0.15) is 0 Å². The van der Waals surface area contributed by atoms with Crippen molar-refractivity contribution in [3.8, 4) is 5.75 Å². The van der Waals surface area contributed by atoms with Gasteiger partial charge >= 0.3 is 0 Å². The van der Waals surface area contributed by atoms with Gasteiger partial charge in [-0.1, -0.05) is 74.7 Å². The smallest absolute Gasteiger partial charge is 0.240 e. The van der Waals surface area contributed by atoms with Gasteiger partial charge in [-0.15, -0.1) is 0 Å². The lowest BCUT2D eigenvalue weighted by atomic mass is 9.98. The number of carbonyl (C=O) groups is 3. The molecule has 2 unspecified atom stereocenters. The van der Waals surface area contributed by atoms with E-state index in [0.717, 1.165) is 48.4 Å². The molecule has 2 aromatic carbocycles. The molecule has 2 rings (SSSR count). The topological polar surface area (TPSA) is 99.8 Å². The highest BCUT2D eigenvalue weighted by Crippen LogP contribution is 2.19. The zero-order valence-corrected chi connectivity index (χ0v) is 25.8. The molecule has 0 aromatic heterocycles. The molecule has 224 valence electrons. The average molecular weight is 577 g/mol. The van der Waals surface area contributed by atoms with Crippen LogP contribution in [0.1, 0.15) is 44.7 Å². The molecule has 40 heavy (non-hydrogen) atoms. The van der Waals surface area contributed by atoms with Gasteiger partial charge in [-0.25, -0.2) is 0 Å². The van der Waals surface area contributed by atoms with Gasteiger partial charge in [0.05, 0.1) is 12.6 Å². The molecule has 0 heterocycles. The number of amides is 2. The number of carbonyl (C=O) groups excluding carboxylic acids is 3. The van der Waals surface area contributed by atoms with E-state index in [1.165, 1.54) is 10.5 Å². The number of likely N-dealkylation sites (N-methyl/N-ethyl adjacent to an activating group) is 1. The molecule has 0 saturated heterocycles. The maximum Gasteiger partial charge on any atom is 0.240 e. The summed E-state index contributed by atoms with van der Waals surface area (Å²) < 4.78 is 5.91. The van der Waals surface area contributed by atoms with Gasteiger partial charge in [0.15, 0.2) is 0 Å². The van der Waals surface area contributed by atoms with E-state index in [0.29, 0.717) is 26.1 Å². The van der Waals surface area contributed by atoms with Gasteiger partial charge in [-0.3, -0.25) is 9.59 Å². The molecule has 0 fully saturated rings. The minimum Gasteiger partial charge on any atom is -0.492 e. The Morgan fingerprint density at radius 2 is 1.73 bits per heavy atom. The van der Waals surface area contributed by atoms with Crippen LogP contribution in [0.25, 0.3) is 0 Å². The van der Waals surface area contributed by atoms with Crippen LogP contribution >= 0.6 is 11.6 Å². The van der Waals surface area contributed by atoms with E-state index in [1.807, 2.05) is 76.3 Å². The first-order valence-electron chi connectivity index (χ1n) is 13.9. The molecular weight excluding hydrogens is 528 g/mol. The molecule has 2 atom stereocenters. The van der Waals surface area contributed by atoms with Crippen molar-refractivity contribution in [1.29, 1.82) is 0 Å². The minimum absolute atomic E-state index is 0.0791. The van der Waals surface area contributed by atoms with Crippen molar-refractivity contribution in [3.05, 3.63) is 64.7 Å². The van der Waals surface area contributed by atoms with E-state index >= 15 is 0 Å². The van der Waals surface area contributed by atoms with E-state index in [2.05, 4.69) is 22.9 Å². The van der Waals surface area contributed by atoms with Gasteiger partial charge in [-0.05, 0) is 63.0 Å². The summed E-state index contributed by atoms with van der Waals surface area (Å²) in [5.74, 6) is 0.892. The SMILES string of the molecule is CCC(C)C(NCCOc1ccccc1CCCNC=O)C(=O)N(C)CC=O.CCNC.Cc1ccc(Cl)cc1. The zero-order valence-electron chi connectivity index (χ0n) is 25.0. The maximum atomic E-state index is 12.6. The van der Waals surface area contributed by atoms with E-state index in [9.17, 15) is 14.4 Å². The monoisotopic (exact) mass is 576 g/mol. The minimum atomic E-state index is -0.344. The number of nitrogens with one attached hydrogen (secondary N) is 3. The molecule has 8 nitrogen and oxygen atoms in total. The Hall–Kier alpha value is -2.94. The van der Waals surface area contributed by atoms with Crippen molar-refractivity contribution in [2.45, 2.75) is 53.0 Å². The fraction of sp³-hybridized carbons (Fsp3) is 0.516. The van der Waals surface area contributed by atoms with Crippen molar-refractivity contribution in [1.82, 2.24) is 20.9 Å². The molecule has 0 bridgehead atoms. The van der Waals surface area contributed by atoms with Crippen LogP contribution in [0.3, 0.4) is 0 Å². The largest absolute Gasteiger partial charge is 0.492 e. The predicted octanol–water partition coefficient (Wildman–Crippen LogP) is 4.28. The maximum absolute atomic E-state index is 12.6. The lowest BCUT2D eigenvalue weighted by Crippen LogP contribution is -2.50. The summed E-state index contributed by atoms with van der Waals surface area (Å²) in [5, 5.41) is 9.67. The van der Waals surface area contributed by atoms with Crippen LogP contribution in [0, 0.1) is 12.8 Å². The van der Waals surface area contributed by atoms with Crippen LogP contribution < -0.4 is 20.7 Å². The van der Waals surface area contributed by atoms with Crippen molar-refractivity contribution >= 4 is 30.2 Å². The van der Waals surface area contributed by atoms with Crippen molar-refractivity contribution in [2.24, 2.45) is 5.92 Å². The van der Waals surface area contributed by atoms with E-state index in [-0.39, 0.29) is 24.4 Å². The first-order chi connectivity index (χ1) is 19.2. The third-order valence-electron chi connectivity index (χ3n) is 6.12. The number of aryl methyl sites for hydroxylation is 2. The van der Waals surface area contributed by atoms with Crippen molar-refractivity contribution in [3.63, 3.8) is 0 Å². The highest BCUT2D eigenvalue weighted by Gasteiger charge is 2.26. The fourth-order valence-corrected chi connectivity index (χ4v) is 3.53. The molecule has 0 aliphatic heterocycles. The average Bonchev–Trinajstić information content (AvgIpc) is 2.97. The molecule has 0 aliphatic carbocycles. The van der Waals surface area contributed by atoms with Gasteiger partial charge in [0.2, 0.25) is 12.3 Å². The standard InChI is InChI=1S/C21H33N3O4.C7H7Cl.C3H9N/c1-4-17(2)20(21(27)24(3)13-14-25)23-12-15-28-19-10-6-5-8-18(19)9-7-11-22-16-26;1-6-2-4-7(8)5-3-6;1-3-4-2/h5-6,8,10,14,16-17,20,23H,4,7,9,11-13,15H2,1-3H3,(H,22,26);2-5H,1H3;4H,3H2,1-2H3. The Kier molecular flexibility index (Phi) is 22.1. The quantitative estimate of drug-likeness (QED) is 0.204. The molecular formula is C31H49ClN4O4. The van der Waals surface area contributed by atoms with Crippen LogP contribution in [0.2, 0.25) is 5.02 Å². The predicted molar refractivity (Wildman–Crippen MR) is 165 cm³/mol. The van der Waals surface area contributed by atoms with E-state index in [4.69, 9.17) is 16.3 Å². The van der Waals surface area contributed by atoms with Crippen LogP contribution in [0.15, 0.2) is 48.5 Å². The Labute approximate surface area is 246 Å². The van der Waals surface area contributed by atoms with Gasteiger partial charge in [0.1, 0.15) is 18.6 Å². The summed E-state index contributed by atoms with van der Waals surface area (Å²) in [5.41, 5.74) is 2.34. The first kappa shape index (κ1) is 37.1. The Morgan fingerprint density at radius 3 is 2.27 bits per heavy atom. The molecule has 2 amide bonds. The van der Waals surface area contributed by atoms with Crippen LogP contribution in [0.4, 0.5) is 0 Å². The lowest BCUT2D eigenvalue weighted by Gasteiger charge is -2.27. The Morgan fingerprint density at radius 1 is 1.07 bits per heavy atom. The van der Waals surface area contributed by atoms with Crippen LogP contribution in [-0.4, -0.2) is 76.4 Å². The number of hydrogen-bond donors (Lipinski definition) is 3. The third kappa shape index (κ3) is 16.9. The van der Waals surface area contributed by atoms with Gasteiger partial charge in [0, 0.05) is 25.2 Å². The van der Waals surface area contributed by atoms with Crippen molar-refractivity contribution < 1.29 is 19.1 Å². The number of para-hydroxylation sites is 1. The number of rotatable bonds is 16. The number of benzene rings is 2. The molecule has 0 spiro atoms. The van der Waals surface area contributed by atoms with Crippen LogP contribution in [-0.2, 0) is 20.8 Å². The molecule has 2 aromatic rings.